The van der Waals surface area contributed by atoms with E-state index in [2.05, 4.69) is 5.32 Å². The molecule has 0 saturated heterocycles. The van der Waals surface area contributed by atoms with Crippen LogP contribution in [0, 0.1) is 0 Å². The maximum atomic E-state index is 11.0. The third-order valence-corrected chi connectivity index (χ3v) is 2.63. The molecule has 17 heavy (non-hydrogen) atoms. The molecule has 0 atom stereocenters. The highest BCUT2D eigenvalue weighted by Gasteiger charge is 2.02. The molecule has 0 saturated carbocycles. The van der Waals surface area contributed by atoms with Crippen molar-refractivity contribution in [2.75, 3.05) is 13.2 Å². The van der Waals surface area contributed by atoms with E-state index in [-0.39, 0.29) is 24.9 Å². The zero-order chi connectivity index (χ0) is 12.0. The van der Waals surface area contributed by atoms with Crippen molar-refractivity contribution in [2.24, 2.45) is 0 Å². The lowest BCUT2D eigenvalue weighted by atomic mass is 10.2. The highest BCUT2D eigenvalue weighted by molar-refractivity contribution is 6.42. The molecule has 0 aliphatic rings. The van der Waals surface area contributed by atoms with E-state index in [1.807, 2.05) is 6.07 Å². The summed E-state index contributed by atoms with van der Waals surface area (Å²) in [5.41, 5.74) is 0.971. The number of nitrogens with one attached hydrogen (secondary N) is 1. The van der Waals surface area contributed by atoms with Gasteiger partial charge in [0.25, 0.3) is 0 Å². The lowest BCUT2D eigenvalue weighted by molar-refractivity contribution is -0.142. The van der Waals surface area contributed by atoms with Crippen molar-refractivity contribution in [3.05, 3.63) is 33.8 Å². The molecule has 96 valence electrons. The van der Waals surface area contributed by atoms with Crippen molar-refractivity contribution in [3.8, 4) is 0 Å². The summed E-state index contributed by atoms with van der Waals surface area (Å²) in [6.07, 6.45) is 0. The van der Waals surface area contributed by atoms with Gasteiger partial charge in [0, 0.05) is 6.54 Å². The molecule has 1 aromatic carbocycles. The summed E-state index contributed by atoms with van der Waals surface area (Å²) in [5, 5.41) is 3.99. The average molecular weight is 299 g/mol. The second-order valence-corrected chi connectivity index (χ2v) is 3.97. The Balaban J connectivity index is 0.00000256. The molecule has 1 rings (SSSR count). The van der Waals surface area contributed by atoms with E-state index in [1.165, 1.54) is 0 Å². The van der Waals surface area contributed by atoms with Crippen LogP contribution in [0.1, 0.15) is 12.5 Å². The van der Waals surface area contributed by atoms with Crippen LogP contribution in [0.25, 0.3) is 0 Å². The Labute approximate surface area is 117 Å². The summed E-state index contributed by atoms with van der Waals surface area (Å²) in [6, 6.07) is 5.35. The molecule has 6 heteroatoms. The number of halogens is 3. The Kier molecular flexibility index (Phi) is 8.35. The van der Waals surface area contributed by atoms with Gasteiger partial charge in [-0.2, -0.15) is 0 Å². The van der Waals surface area contributed by atoms with Crippen molar-refractivity contribution >= 4 is 41.6 Å². The molecular formula is C11H14Cl3NO2. The second kappa shape index (κ2) is 8.59. The SMILES string of the molecule is CCOC(=O)CNCc1ccc(Cl)c(Cl)c1.Cl. The van der Waals surface area contributed by atoms with E-state index in [9.17, 15) is 4.79 Å². The van der Waals surface area contributed by atoms with Crippen LogP contribution in [0.15, 0.2) is 18.2 Å². The van der Waals surface area contributed by atoms with Crippen molar-refractivity contribution < 1.29 is 9.53 Å². The summed E-state index contributed by atoms with van der Waals surface area (Å²) < 4.78 is 4.77. The maximum Gasteiger partial charge on any atom is 0.319 e. The predicted molar refractivity (Wildman–Crippen MR) is 72.0 cm³/mol. The van der Waals surface area contributed by atoms with Gasteiger partial charge >= 0.3 is 5.97 Å². The first-order valence-corrected chi connectivity index (χ1v) is 5.69. The summed E-state index contributed by atoms with van der Waals surface area (Å²) >= 11 is 11.6. The lowest BCUT2D eigenvalue weighted by Gasteiger charge is -2.05. The lowest BCUT2D eigenvalue weighted by Crippen LogP contribution is -2.24. The fourth-order valence-electron chi connectivity index (χ4n) is 1.17. The van der Waals surface area contributed by atoms with Gasteiger partial charge in [-0.25, -0.2) is 0 Å². The first-order valence-electron chi connectivity index (χ1n) is 4.93. The number of hydrogen-bond donors (Lipinski definition) is 1. The van der Waals surface area contributed by atoms with E-state index in [0.717, 1.165) is 5.56 Å². The maximum absolute atomic E-state index is 11.0. The predicted octanol–water partition coefficient (Wildman–Crippen LogP) is 3.07. The van der Waals surface area contributed by atoms with Crippen LogP contribution in [0.2, 0.25) is 10.0 Å². The molecule has 0 aromatic heterocycles. The molecule has 3 nitrogen and oxygen atoms in total. The molecule has 0 unspecified atom stereocenters. The Morgan fingerprint density at radius 2 is 2.06 bits per heavy atom. The zero-order valence-corrected chi connectivity index (χ0v) is 11.7. The number of carbonyl (C=O) groups excluding carboxylic acids is 1. The van der Waals surface area contributed by atoms with Crippen LogP contribution < -0.4 is 5.32 Å². The molecule has 1 N–H and O–H groups in total. The summed E-state index contributed by atoms with van der Waals surface area (Å²) in [7, 11) is 0. The van der Waals surface area contributed by atoms with E-state index >= 15 is 0 Å². The minimum Gasteiger partial charge on any atom is -0.465 e. The zero-order valence-electron chi connectivity index (χ0n) is 9.33. The van der Waals surface area contributed by atoms with Crippen LogP contribution in [0.4, 0.5) is 0 Å². The van der Waals surface area contributed by atoms with Crippen LogP contribution in [0.5, 0.6) is 0 Å². The molecule has 0 heterocycles. The van der Waals surface area contributed by atoms with E-state index in [4.69, 9.17) is 27.9 Å². The molecule has 0 aliphatic carbocycles. The van der Waals surface area contributed by atoms with Crippen molar-refractivity contribution in [1.82, 2.24) is 5.32 Å². The minimum atomic E-state index is -0.262. The Morgan fingerprint density at radius 3 is 2.65 bits per heavy atom. The van der Waals surface area contributed by atoms with Crippen LogP contribution in [-0.2, 0) is 16.1 Å². The molecule has 0 bridgehead atoms. The molecule has 0 radical (unpaired) electrons. The van der Waals surface area contributed by atoms with Gasteiger partial charge in [0.2, 0.25) is 0 Å². The fraction of sp³-hybridized carbons (Fsp3) is 0.364. The van der Waals surface area contributed by atoms with Gasteiger partial charge in [0.05, 0.1) is 23.2 Å². The van der Waals surface area contributed by atoms with Gasteiger partial charge in [0.1, 0.15) is 0 Å². The van der Waals surface area contributed by atoms with E-state index in [0.29, 0.717) is 23.2 Å². The number of esters is 1. The quantitative estimate of drug-likeness (QED) is 0.849. The summed E-state index contributed by atoms with van der Waals surface area (Å²) in [4.78, 5) is 11.0. The van der Waals surface area contributed by atoms with Crippen molar-refractivity contribution in [1.29, 1.82) is 0 Å². The summed E-state index contributed by atoms with van der Waals surface area (Å²) in [6.45, 7) is 2.91. The van der Waals surface area contributed by atoms with Gasteiger partial charge in [-0.1, -0.05) is 29.3 Å². The monoisotopic (exact) mass is 297 g/mol. The normalized spacial score (nSPS) is 9.59. The number of hydrogen-bond acceptors (Lipinski definition) is 3. The number of ether oxygens (including phenoxy) is 1. The standard InChI is InChI=1S/C11H13Cl2NO2.ClH/c1-2-16-11(15)7-14-6-8-3-4-9(12)10(13)5-8;/h3-5,14H,2,6-7H2,1H3;1H. The van der Waals surface area contributed by atoms with Crippen LogP contribution in [0.3, 0.4) is 0 Å². The molecular weight excluding hydrogens is 284 g/mol. The highest BCUT2D eigenvalue weighted by Crippen LogP contribution is 2.22. The van der Waals surface area contributed by atoms with Gasteiger partial charge in [0.15, 0.2) is 0 Å². The molecule has 0 aliphatic heterocycles. The van der Waals surface area contributed by atoms with Gasteiger partial charge in [-0.15, -0.1) is 12.4 Å². The number of rotatable bonds is 5. The van der Waals surface area contributed by atoms with E-state index < -0.39 is 0 Å². The summed E-state index contributed by atoms with van der Waals surface area (Å²) in [5.74, 6) is -0.262. The average Bonchev–Trinajstić information content (AvgIpc) is 2.24. The van der Waals surface area contributed by atoms with Gasteiger partial charge in [-0.05, 0) is 24.6 Å². The molecule has 0 fully saturated rings. The number of carbonyl (C=O) groups is 1. The third kappa shape index (κ3) is 6.13. The minimum absolute atomic E-state index is 0. The van der Waals surface area contributed by atoms with Gasteiger partial charge < -0.3 is 10.1 Å². The highest BCUT2D eigenvalue weighted by atomic mass is 35.5. The fourth-order valence-corrected chi connectivity index (χ4v) is 1.49. The molecule has 0 amide bonds. The Hall–Kier alpha value is -0.480. The third-order valence-electron chi connectivity index (χ3n) is 1.89. The largest absolute Gasteiger partial charge is 0.465 e. The van der Waals surface area contributed by atoms with Crippen LogP contribution >= 0.6 is 35.6 Å². The number of benzene rings is 1. The van der Waals surface area contributed by atoms with Gasteiger partial charge in [-0.3, -0.25) is 4.79 Å². The molecule has 0 spiro atoms. The topological polar surface area (TPSA) is 38.3 Å². The Bertz CT molecular complexity index is 372. The first kappa shape index (κ1) is 16.5. The Morgan fingerprint density at radius 1 is 1.35 bits per heavy atom. The van der Waals surface area contributed by atoms with Crippen LogP contribution in [-0.4, -0.2) is 19.1 Å². The van der Waals surface area contributed by atoms with Crippen molar-refractivity contribution in [2.45, 2.75) is 13.5 Å². The van der Waals surface area contributed by atoms with E-state index in [1.54, 1.807) is 19.1 Å². The second-order valence-electron chi connectivity index (χ2n) is 3.16. The molecule has 1 aromatic rings. The van der Waals surface area contributed by atoms with Crippen molar-refractivity contribution in [3.63, 3.8) is 0 Å². The smallest absolute Gasteiger partial charge is 0.319 e. The first-order chi connectivity index (χ1) is 7.63.